The van der Waals surface area contributed by atoms with Gasteiger partial charge in [-0.15, -0.1) is 0 Å². The molecule has 0 aliphatic carbocycles. The molecule has 0 saturated heterocycles. The summed E-state index contributed by atoms with van der Waals surface area (Å²) in [6, 6.07) is 9.08. The van der Waals surface area contributed by atoms with Gasteiger partial charge in [0.05, 0.1) is 6.42 Å². The van der Waals surface area contributed by atoms with E-state index in [1.54, 1.807) is 18.2 Å². The fourth-order valence-corrected chi connectivity index (χ4v) is 2.73. The second-order valence-corrected chi connectivity index (χ2v) is 6.26. The molecule has 2 aromatic rings. The van der Waals surface area contributed by atoms with Gasteiger partial charge >= 0.3 is 5.97 Å². The van der Waals surface area contributed by atoms with Gasteiger partial charge in [-0.25, -0.2) is 4.39 Å². The van der Waals surface area contributed by atoms with Crippen LogP contribution >= 0.6 is 11.6 Å². The van der Waals surface area contributed by atoms with Crippen LogP contribution in [0.4, 0.5) is 10.1 Å². The largest absolute Gasteiger partial charge is 0.486 e. The first-order chi connectivity index (χ1) is 12.9. The fraction of sp³-hybridized carbons (Fsp3) is 0.263. The number of anilines is 1. The van der Waals surface area contributed by atoms with Gasteiger partial charge in [0.15, 0.2) is 17.6 Å². The highest BCUT2D eigenvalue weighted by Crippen LogP contribution is 2.32. The third-order valence-corrected chi connectivity index (χ3v) is 4.22. The minimum absolute atomic E-state index is 0.0311. The second kappa shape index (κ2) is 8.26. The van der Waals surface area contributed by atoms with Gasteiger partial charge in [0.2, 0.25) is 0 Å². The van der Waals surface area contributed by atoms with Gasteiger partial charge in [0.1, 0.15) is 19.0 Å². The predicted octanol–water partition coefficient (Wildman–Crippen LogP) is 3.36. The van der Waals surface area contributed by atoms with Gasteiger partial charge in [-0.3, -0.25) is 9.59 Å². The molecule has 27 heavy (non-hydrogen) atoms. The molecular weight excluding hydrogens is 377 g/mol. The first-order valence-corrected chi connectivity index (χ1v) is 8.64. The number of carbonyl (C=O) groups excluding carboxylic acids is 2. The van der Waals surface area contributed by atoms with Gasteiger partial charge in [-0.2, -0.15) is 0 Å². The summed E-state index contributed by atoms with van der Waals surface area (Å²) in [5.41, 5.74) is 0.507. The average molecular weight is 394 g/mol. The zero-order chi connectivity index (χ0) is 19.4. The second-order valence-electron chi connectivity index (χ2n) is 5.86. The lowest BCUT2D eigenvalue weighted by Gasteiger charge is -2.19. The Morgan fingerprint density at radius 1 is 1.22 bits per heavy atom. The lowest BCUT2D eigenvalue weighted by molar-refractivity contribution is -0.152. The maximum atomic E-state index is 13.7. The molecule has 1 N–H and O–H groups in total. The van der Waals surface area contributed by atoms with E-state index in [0.29, 0.717) is 30.4 Å². The van der Waals surface area contributed by atoms with Gasteiger partial charge in [-0.1, -0.05) is 17.7 Å². The Kier molecular flexibility index (Phi) is 5.81. The molecule has 0 radical (unpaired) electrons. The van der Waals surface area contributed by atoms with Crippen LogP contribution in [0.2, 0.25) is 5.02 Å². The van der Waals surface area contributed by atoms with E-state index in [2.05, 4.69) is 5.32 Å². The zero-order valence-corrected chi connectivity index (χ0v) is 15.2. The Bertz CT molecular complexity index is 853. The highest BCUT2D eigenvalue weighted by Gasteiger charge is 2.21. The Labute approximate surface area is 160 Å². The molecule has 1 atom stereocenters. The number of esters is 1. The summed E-state index contributed by atoms with van der Waals surface area (Å²) in [5.74, 6) is -0.766. The van der Waals surface area contributed by atoms with E-state index in [1.807, 2.05) is 0 Å². The van der Waals surface area contributed by atoms with Gasteiger partial charge in [-0.05, 0) is 31.2 Å². The highest BCUT2D eigenvalue weighted by atomic mass is 35.5. The maximum absolute atomic E-state index is 13.7. The fourth-order valence-electron chi connectivity index (χ4n) is 2.50. The Balaban J connectivity index is 1.58. The first kappa shape index (κ1) is 19.0. The number of halogens is 2. The number of nitrogens with one attached hydrogen (secondary N) is 1. The highest BCUT2D eigenvalue weighted by molar-refractivity contribution is 6.31. The summed E-state index contributed by atoms with van der Waals surface area (Å²) >= 11 is 5.89. The van der Waals surface area contributed by atoms with Crippen molar-refractivity contribution in [1.82, 2.24) is 0 Å². The van der Waals surface area contributed by atoms with E-state index in [9.17, 15) is 14.0 Å². The van der Waals surface area contributed by atoms with Crippen LogP contribution in [0.15, 0.2) is 36.4 Å². The number of rotatable bonds is 5. The van der Waals surface area contributed by atoms with E-state index in [1.165, 1.54) is 25.1 Å². The predicted molar refractivity (Wildman–Crippen MR) is 96.7 cm³/mol. The van der Waals surface area contributed by atoms with Crippen molar-refractivity contribution >= 4 is 29.2 Å². The number of fused-ring (bicyclic) bond motifs is 1. The molecule has 1 amide bonds. The number of hydrogen-bond acceptors (Lipinski definition) is 5. The first-order valence-electron chi connectivity index (χ1n) is 8.27. The molecule has 6 nitrogen and oxygen atoms in total. The van der Waals surface area contributed by atoms with Crippen LogP contribution < -0.4 is 14.8 Å². The van der Waals surface area contributed by atoms with Crippen molar-refractivity contribution in [1.29, 1.82) is 0 Å². The zero-order valence-electron chi connectivity index (χ0n) is 14.5. The van der Waals surface area contributed by atoms with Crippen molar-refractivity contribution in [3.63, 3.8) is 0 Å². The van der Waals surface area contributed by atoms with E-state index in [0.717, 1.165) is 0 Å². The van der Waals surface area contributed by atoms with Crippen molar-refractivity contribution in [3.05, 3.63) is 52.8 Å². The molecular formula is C19H17ClFNO5. The van der Waals surface area contributed by atoms with Crippen LogP contribution in [0, 0.1) is 5.82 Å². The van der Waals surface area contributed by atoms with Crippen molar-refractivity contribution in [3.8, 4) is 11.5 Å². The van der Waals surface area contributed by atoms with Gasteiger partial charge < -0.3 is 19.5 Å². The van der Waals surface area contributed by atoms with Crippen molar-refractivity contribution in [2.24, 2.45) is 0 Å². The molecule has 3 rings (SSSR count). The Morgan fingerprint density at radius 2 is 1.96 bits per heavy atom. The summed E-state index contributed by atoms with van der Waals surface area (Å²) in [7, 11) is 0. The SMILES string of the molecule is C[C@H](OC(=O)Cc1c(F)cccc1Cl)C(=O)Nc1ccc2c(c1)OCCO2. The molecule has 0 spiro atoms. The normalized spacial score (nSPS) is 13.6. The van der Waals surface area contributed by atoms with E-state index >= 15 is 0 Å². The smallest absolute Gasteiger partial charge is 0.311 e. The van der Waals surface area contributed by atoms with Crippen LogP contribution in [0.3, 0.4) is 0 Å². The van der Waals surface area contributed by atoms with Crippen LogP contribution in [0.1, 0.15) is 12.5 Å². The lowest BCUT2D eigenvalue weighted by atomic mass is 10.1. The van der Waals surface area contributed by atoms with Crippen LogP contribution in [0.25, 0.3) is 0 Å². The molecule has 142 valence electrons. The summed E-state index contributed by atoms with van der Waals surface area (Å²) in [5, 5.41) is 2.76. The van der Waals surface area contributed by atoms with Gasteiger partial charge in [0, 0.05) is 22.3 Å². The third kappa shape index (κ3) is 4.68. The molecule has 0 bridgehead atoms. The minimum atomic E-state index is -1.07. The van der Waals surface area contributed by atoms with Crippen molar-refractivity contribution in [2.45, 2.75) is 19.4 Å². The number of carbonyl (C=O) groups is 2. The molecule has 8 heteroatoms. The van der Waals surface area contributed by atoms with Gasteiger partial charge in [0.25, 0.3) is 5.91 Å². The van der Waals surface area contributed by atoms with E-state index in [-0.39, 0.29) is 17.0 Å². The summed E-state index contributed by atoms with van der Waals surface area (Å²) < 4.78 is 29.7. The molecule has 1 aliphatic rings. The molecule has 0 unspecified atom stereocenters. The maximum Gasteiger partial charge on any atom is 0.311 e. The molecule has 2 aromatic carbocycles. The van der Waals surface area contributed by atoms with Crippen molar-refractivity contribution < 1.29 is 28.2 Å². The van der Waals surface area contributed by atoms with E-state index < -0.39 is 23.8 Å². The Morgan fingerprint density at radius 3 is 2.70 bits per heavy atom. The number of hydrogen-bond donors (Lipinski definition) is 1. The van der Waals surface area contributed by atoms with Crippen LogP contribution in [-0.2, 0) is 20.7 Å². The van der Waals surface area contributed by atoms with E-state index in [4.69, 9.17) is 25.8 Å². The summed E-state index contributed by atoms with van der Waals surface area (Å²) in [6.45, 7) is 2.32. The number of ether oxygens (including phenoxy) is 3. The molecule has 1 aliphatic heterocycles. The topological polar surface area (TPSA) is 73.9 Å². The molecule has 0 aromatic heterocycles. The number of benzene rings is 2. The monoisotopic (exact) mass is 393 g/mol. The van der Waals surface area contributed by atoms with Crippen LogP contribution in [-0.4, -0.2) is 31.2 Å². The minimum Gasteiger partial charge on any atom is -0.486 e. The average Bonchev–Trinajstić information content (AvgIpc) is 2.64. The molecule has 0 fully saturated rings. The summed E-state index contributed by atoms with van der Waals surface area (Å²) in [4.78, 5) is 24.3. The summed E-state index contributed by atoms with van der Waals surface area (Å²) in [6.07, 6.45) is -1.44. The number of amides is 1. The lowest BCUT2D eigenvalue weighted by Crippen LogP contribution is -2.30. The van der Waals surface area contributed by atoms with Crippen LogP contribution in [0.5, 0.6) is 11.5 Å². The molecule has 1 heterocycles. The van der Waals surface area contributed by atoms with Crippen molar-refractivity contribution in [2.75, 3.05) is 18.5 Å². The molecule has 0 saturated carbocycles. The standard InChI is InChI=1S/C19H17ClFNO5/c1-11(27-18(23)10-13-14(20)3-2-4-15(13)21)19(24)22-12-5-6-16-17(9-12)26-8-7-25-16/h2-6,9,11H,7-8,10H2,1H3,(H,22,24)/t11-/m0/s1. The Hall–Kier alpha value is -2.80. The quantitative estimate of drug-likeness (QED) is 0.788. The third-order valence-electron chi connectivity index (χ3n) is 3.87.